The molecule has 1 rings (SSSR count). The van der Waals surface area contributed by atoms with Gasteiger partial charge in [0, 0.05) is 30.0 Å². The summed E-state index contributed by atoms with van der Waals surface area (Å²) < 4.78 is 27.9. The zero-order chi connectivity index (χ0) is 16.2. The number of halogens is 1. The molecule has 0 bridgehead atoms. The van der Waals surface area contributed by atoms with Crippen LogP contribution < -0.4 is 16.6 Å². The van der Waals surface area contributed by atoms with E-state index in [1.54, 1.807) is 11.9 Å². The van der Waals surface area contributed by atoms with Crippen molar-refractivity contribution in [2.45, 2.75) is 24.4 Å². The lowest BCUT2D eigenvalue weighted by Crippen LogP contribution is -2.41. The zero-order valence-electron chi connectivity index (χ0n) is 11.3. The smallest absolute Gasteiger partial charge is 0.328 e. The summed E-state index contributed by atoms with van der Waals surface area (Å²) in [5, 5.41) is 2.53. The van der Waals surface area contributed by atoms with E-state index in [4.69, 9.17) is 15.4 Å². The molecule has 0 spiro atoms. The number of hydrogen-bond donors (Lipinski definition) is 2. The molecule has 1 atom stereocenters. The lowest BCUT2D eigenvalue weighted by Gasteiger charge is -2.13. The Hall–Kier alpha value is -1.65. The second-order valence-electron chi connectivity index (χ2n) is 4.24. The highest BCUT2D eigenvalue weighted by Gasteiger charge is 2.18. The molecule has 0 aliphatic rings. The summed E-state index contributed by atoms with van der Waals surface area (Å²) in [7, 11) is 2.21. The fourth-order valence-electron chi connectivity index (χ4n) is 1.55. The molecule has 1 aromatic rings. The predicted molar refractivity (Wildman–Crippen MR) is 73.8 cm³/mol. The first-order chi connectivity index (χ1) is 9.65. The van der Waals surface area contributed by atoms with E-state index >= 15 is 0 Å². The monoisotopic (exact) mass is 339 g/mol. The van der Waals surface area contributed by atoms with Crippen LogP contribution in [0.15, 0.2) is 20.7 Å². The van der Waals surface area contributed by atoms with Gasteiger partial charge in [0.25, 0.3) is 14.6 Å². The molecule has 1 heterocycles. The zero-order valence-corrected chi connectivity index (χ0v) is 12.8. The highest BCUT2D eigenvalue weighted by Crippen LogP contribution is 2.07. The second-order valence-corrected chi connectivity index (χ2v) is 6.78. The van der Waals surface area contributed by atoms with Crippen molar-refractivity contribution in [2.24, 2.45) is 0 Å². The van der Waals surface area contributed by atoms with E-state index in [0.717, 1.165) is 10.8 Å². The molecule has 0 fully saturated rings. The standard InChI is InChI=1S/C10H14ClN3O6S/c1-6(5-20-2)12-8(15)4-14-3-7(21(11,18)19)9(16)13-10(14)17/h3,6H,4-5H2,1-2H3,(H,12,15)(H,13,16,17). The number of nitrogens with one attached hydrogen (secondary N) is 2. The summed E-state index contributed by atoms with van der Waals surface area (Å²) in [5.41, 5.74) is -2.06. The first-order valence-corrected chi connectivity index (χ1v) is 8.02. The van der Waals surface area contributed by atoms with Gasteiger partial charge in [0.05, 0.1) is 6.61 Å². The molecular formula is C10H14ClN3O6S. The molecule has 0 aliphatic heterocycles. The quantitative estimate of drug-likeness (QED) is 0.614. The Morgan fingerprint density at radius 3 is 2.67 bits per heavy atom. The van der Waals surface area contributed by atoms with E-state index in [1.807, 2.05) is 0 Å². The molecule has 0 saturated carbocycles. The summed E-state index contributed by atoms with van der Waals surface area (Å²) in [4.78, 5) is 35.5. The Morgan fingerprint density at radius 2 is 2.14 bits per heavy atom. The van der Waals surface area contributed by atoms with Gasteiger partial charge in [0.1, 0.15) is 6.54 Å². The van der Waals surface area contributed by atoms with Crippen LogP contribution in [-0.4, -0.2) is 43.6 Å². The normalized spacial score (nSPS) is 12.9. The fourth-order valence-corrected chi connectivity index (χ4v) is 2.40. The molecular weight excluding hydrogens is 326 g/mol. The summed E-state index contributed by atoms with van der Waals surface area (Å²) in [6.45, 7) is 1.49. The van der Waals surface area contributed by atoms with Gasteiger partial charge in [-0.2, -0.15) is 0 Å². The van der Waals surface area contributed by atoms with Crippen molar-refractivity contribution < 1.29 is 17.9 Å². The minimum absolute atomic E-state index is 0.271. The lowest BCUT2D eigenvalue weighted by atomic mass is 10.3. The van der Waals surface area contributed by atoms with Crippen LogP contribution in [0.5, 0.6) is 0 Å². The van der Waals surface area contributed by atoms with Crippen molar-refractivity contribution in [3.8, 4) is 0 Å². The number of aromatic amines is 1. The molecule has 11 heteroatoms. The summed E-state index contributed by atoms with van der Waals surface area (Å²) in [5.74, 6) is -0.549. The van der Waals surface area contributed by atoms with Crippen LogP contribution in [-0.2, 0) is 25.1 Å². The maximum absolute atomic E-state index is 11.7. The highest BCUT2D eigenvalue weighted by molar-refractivity contribution is 8.13. The Balaban J connectivity index is 3.02. The van der Waals surface area contributed by atoms with Gasteiger partial charge in [-0.3, -0.25) is 19.1 Å². The number of ether oxygens (including phenoxy) is 1. The maximum Gasteiger partial charge on any atom is 0.328 e. The first-order valence-electron chi connectivity index (χ1n) is 5.72. The van der Waals surface area contributed by atoms with Crippen molar-refractivity contribution in [1.82, 2.24) is 14.9 Å². The third kappa shape index (κ3) is 4.99. The number of aromatic nitrogens is 2. The van der Waals surface area contributed by atoms with E-state index in [0.29, 0.717) is 0 Å². The van der Waals surface area contributed by atoms with Gasteiger partial charge in [-0.1, -0.05) is 0 Å². The lowest BCUT2D eigenvalue weighted by molar-refractivity contribution is -0.122. The van der Waals surface area contributed by atoms with Crippen molar-refractivity contribution in [2.75, 3.05) is 13.7 Å². The van der Waals surface area contributed by atoms with Gasteiger partial charge in [0.2, 0.25) is 5.91 Å². The molecule has 0 aromatic carbocycles. The molecule has 0 aliphatic carbocycles. The van der Waals surface area contributed by atoms with Crippen LogP contribution in [0.4, 0.5) is 0 Å². The summed E-state index contributed by atoms with van der Waals surface area (Å²) in [6.07, 6.45) is 0.726. The van der Waals surface area contributed by atoms with Crippen LogP contribution in [0, 0.1) is 0 Å². The topological polar surface area (TPSA) is 127 Å². The molecule has 0 saturated heterocycles. The first kappa shape index (κ1) is 17.4. The third-order valence-electron chi connectivity index (χ3n) is 2.38. The molecule has 9 nitrogen and oxygen atoms in total. The predicted octanol–water partition coefficient (Wildman–Crippen LogP) is -1.38. The van der Waals surface area contributed by atoms with Crippen molar-refractivity contribution in [3.63, 3.8) is 0 Å². The number of hydrogen-bond acceptors (Lipinski definition) is 6. The third-order valence-corrected chi connectivity index (χ3v) is 3.69. The average Bonchev–Trinajstić information content (AvgIpc) is 2.31. The second kappa shape index (κ2) is 6.87. The van der Waals surface area contributed by atoms with Gasteiger partial charge in [-0.25, -0.2) is 13.2 Å². The summed E-state index contributed by atoms with van der Waals surface area (Å²) in [6, 6.07) is -0.294. The van der Waals surface area contributed by atoms with Crippen LogP contribution in [0.1, 0.15) is 6.92 Å². The van der Waals surface area contributed by atoms with Crippen LogP contribution in [0.2, 0.25) is 0 Å². The Labute approximate surface area is 124 Å². The van der Waals surface area contributed by atoms with E-state index in [1.165, 1.54) is 7.11 Å². The van der Waals surface area contributed by atoms with Gasteiger partial charge < -0.3 is 10.1 Å². The average molecular weight is 340 g/mol. The molecule has 1 amide bonds. The number of methoxy groups -OCH3 is 1. The van der Waals surface area contributed by atoms with Gasteiger partial charge in [-0.05, 0) is 6.92 Å². The highest BCUT2D eigenvalue weighted by atomic mass is 35.7. The molecule has 118 valence electrons. The SMILES string of the molecule is COCC(C)NC(=O)Cn1cc(S(=O)(=O)Cl)c(=O)[nH]c1=O. The van der Waals surface area contributed by atoms with E-state index < -0.39 is 37.6 Å². The molecule has 21 heavy (non-hydrogen) atoms. The molecule has 1 aromatic heterocycles. The Bertz CT molecular complexity index is 738. The number of nitrogens with zero attached hydrogens (tertiary/aromatic N) is 1. The van der Waals surface area contributed by atoms with Crippen LogP contribution in [0.25, 0.3) is 0 Å². The number of amides is 1. The number of carbonyl (C=O) groups excluding carboxylic acids is 1. The van der Waals surface area contributed by atoms with Crippen molar-refractivity contribution in [3.05, 3.63) is 27.0 Å². The summed E-state index contributed by atoms with van der Waals surface area (Å²) >= 11 is 0. The van der Waals surface area contributed by atoms with Crippen molar-refractivity contribution in [1.29, 1.82) is 0 Å². The minimum Gasteiger partial charge on any atom is -0.383 e. The van der Waals surface area contributed by atoms with Crippen LogP contribution >= 0.6 is 10.7 Å². The van der Waals surface area contributed by atoms with E-state index in [-0.39, 0.29) is 12.6 Å². The molecule has 2 N–H and O–H groups in total. The van der Waals surface area contributed by atoms with Gasteiger partial charge in [-0.15, -0.1) is 0 Å². The maximum atomic E-state index is 11.7. The van der Waals surface area contributed by atoms with Crippen LogP contribution in [0.3, 0.4) is 0 Å². The molecule has 0 radical (unpaired) electrons. The van der Waals surface area contributed by atoms with E-state index in [9.17, 15) is 22.8 Å². The van der Waals surface area contributed by atoms with Crippen molar-refractivity contribution >= 4 is 25.6 Å². The Morgan fingerprint density at radius 1 is 1.52 bits per heavy atom. The Kier molecular flexibility index (Phi) is 5.70. The number of carbonyl (C=O) groups is 1. The van der Waals surface area contributed by atoms with Gasteiger partial charge in [0.15, 0.2) is 4.90 Å². The molecule has 1 unspecified atom stereocenters. The number of rotatable bonds is 6. The van der Waals surface area contributed by atoms with Gasteiger partial charge >= 0.3 is 5.69 Å². The largest absolute Gasteiger partial charge is 0.383 e. The van der Waals surface area contributed by atoms with E-state index in [2.05, 4.69) is 5.32 Å². The number of H-pyrrole nitrogens is 1. The fraction of sp³-hybridized carbons (Fsp3) is 0.500. The minimum atomic E-state index is -4.32.